The number of nitrogens with one attached hydrogen (secondary N) is 2. The van der Waals surface area contributed by atoms with Crippen LogP contribution in [0.2, 0.25) is 0 Å². The molecule has 0 aromatic carbocycles. The molecule has 2 aliphatic rings. The van der Waals surface area contributed by atoms with Gasteiger partial charge in [0.2, 0.25) is 5.91 Å². The zero-order valence-corrected chi connectivity index (χ0v) is 11.1. The van der Waals surface area contributed by atoms with Crippen LogP contribution in [-0.4, -0.2) is 53.5 Å². The lowest BCUT2D eigenvalue weighted by atomic mass is 9.69. The van der Waals surface area contributed by atoms with E-state index in [1.54, 1.807) is 0 Å². The summed E-state index contributed by atoms with van der Waals surface area (Å²) in [6.45, 7) is 0.0266. The Morgan fingerprint density at radius 1 is 1.40 bits per heavy atom. The maximum atomic E-state index is 11.7. The average Bonchev–Trinajstić information content (AvgIpc) is 2.55. The molecular weight excluding hydrogens is 266 g/mol. The van der Waals surface area contributed by atoms with Crippen molar-refractivity contribution in [1.29, 1.82) is 0 Å². The van der Waals surface area contributed by atoms with Crippen LogP contribution in [0.1, 0.15) is 25.7 Å². The second-order valence-corrected chi connectivity index (χ2v) is 5.31. The van der Waals surface area contributed by atoms with Crippen molar-refractivity contribution in [3.05, 3.63) is 0 Å². The van der Waals surface area contributed by atoms with Crippen molar-refractivity contribution in [3.63, 3.8) is 0 Å². The molecule has 1 heterocycles. The molecule has 4 amide bonds. The minimum absolute atomic E-state index is 0.0266. The summed E-state index contributed by atoms with van der Waals surface area (Å²) in [6.07, 6.45) is 1.83. The fraction of sp³-hybridized carbons (Fsp3) is 0.667. The second kappa shape index (κ2) is 5.10. The highest BCUT2D eigenvalue weighted by Crippen LogP contribution is 2.40. The van der Waals surface area contributed by atoms with E-state index in [2.05, 4.69) is 10.6 Å². The molecule has 1 atom stereocenters. The molecule has 20 heavy (non-hydrogen) atoms. The number of likely N-dealkylation sites (N-methyl/N-ethyl adjacent to an activating group) is 1. The Labute approximate surface area is 115 Å². The summed E-state index contributed by atoms with van der Waals surface area (Å²) in [5.41, 5.74) is -0.885. The number of rotatable bonds is 4. The number of carbonyl (C=O) groups is 4. The molecule has 0 bridgehead atoms. The molecule has 1 saturated carbocycles. The van der Waals surface area contributed by atoms with Gasteiger partial charge in [0.05, 0.1) is 11.8 Å². The molecule has 8 heteroatoms. The molecule has 8 nitrogen and oxygen atoms in total. The monoisotopic (exact) mass is 283 g/mol. The van der Waals surface area contributed by atoms with E-state index < -0.39 is 29.4 Å². The van der Waals surface area contributed by atoms with Crippen molar-refractivity contribution in [2.45, 2.75) is 31.7 Å². The highest BCUT2D eigenvalue weighted by atomic mass is 16.4. The van der Waals surface area contributed by atoms with Gasteiger partial charge in [-0.05, 0) is 12.8 Å². The van der Waals surface area contributed by atoms with Crippen LogP contribution in [0.3, 0.4) is 0 Å². The van der Waals surface area contributed by atoms with Gasteiger partial charge in [0.1, 0.15) is 6.04 Å². The van der Waals surface area contributed by atoms with Crippen LogP contribution in [0.4, 0.5) is 4.79 Å². The number of imide groups is 1. The Hall–Kier alpha value is -2.12. The number of nitrogens with zero attached hydrogens (tertiary/aromatic N) is 1. The zero-order valence-electron chi connectivity index (χ0n) is 11.1. The van der Waals surface area contributed by atoms with E-state index in [-0.39, 0.29) is 18.9 Å². The number of carboxylic acids is 1. The first-order valence-electron chi connectivity index (χ1n) is 6.44. The first-order valence-corrected chi connectivity index (χ1v) is 6.44. The fourth-order valence-corrected chi connectivity index (χ4v) is 2.40. The molecule has 1 aliphatic carbocycles. The van der Waals surface area contributed by atoms with Gasteiger partial charge in [0.15, 0.2) is 0 Å². The molecule has 0 aromatic rings. The van der Waals surface area contributed by atoms with Crippen molar-refractivity contribution in [1.82, 2.24) is 15.5 Å². The van der Waals surface area contributed by atoms with Crippen LogP contribution in [0.25, 0.3) is 0 Å². The van der Waals surface area contributed by atoms with Gasteiger partial charge >= 0.3 is 12.0 Å². The fourth-order valence-electron chi connectivity index (χ4n) is 2.40. The maximum absolute atomic E-state index is 11.7. The molecule has 0 radical (unpaired) electrons. The Balaban J connectivity index is 1.83. The highest BCUT2D eigenvalue weighted by Gasteiger charge is 2.45. The number of aliphatic carboxylic acids is 1. The van der Waals surface area contributed by atoms with E-state index in [1.165, 1.54) is 7.05 Å². The van der Waals surface area contributed by atoms with Crippen molar-refractivity contribution in [2.75, 3.05) is 13.6 Å². The Bertz CT molecular complexity index is 472. The normalized spacial score (nSPS) is 24.2. The van der Waals surface area contributed by atoms with Crippen LogP contribution < -0.4 is 10.6 Å². The third-order valence-corrected chi connectivity index (χ3v) is 4.04. The summed E-state index contributed by atoms with van der Waals surface area (Å²) in [7, 11) is 1.36. The van der Waals surface area contributed by atoms with E-state index in [1.807, 2.05) is 0 Å². The Morgan fingerprint density at radius 2 is 2.05 bits per heavy atom. The van der Waals surface area contributed by atoms with Crippen LogP contribution >= 0.6 is 0 Å². The first kappa shape index (κ1) is 14.3. The molecule has 1 aliphatic heterocycles. The van der Waals surface area contributed by atoms with Crippen molar-refractivity contribution in [2.24, 2.45) is 5.41 Å². The number of hydrogen-bond donors (Lipinski definition) is 3. The summed E-state index contributed by atoms with van der Waals surface area (Å²) in [6, 6.07) is -1.49. The number of urea groups is 1. The maximum Gasteiger partial charge on any atom is 0.315 e. The molecule has 110 valence electrons. The SMILES string of the molecule is CN1C(=O)CC(NC(=O)NCC2(C(=O)O)CCC2)C1=O. The van der Waals surface area contributed by atoms with Gasteiger partial charge in [-0.3, -0.25) is 19.3 Å². The number of hydrogen-bond acceptors (Lipinski definition) is 4. The molecule has 0 spiro atoms. The number of likely N-dealkylation sites (tertiary alicyclic amines) is 1. The second-order valence-electron chi connectivity index (χ2n) is 5.31. The minimum Gasteiger partial charge on any atom is -0.481 e. The van der Waals surface area contributed by atoms with E-state index in [0.717, 1.165) is 11.3 Å². The topological polar surface area (TPSA) is 116 Å². The molecule has 2 fully saturated rings. The van der Waals surface area contributed by atoms with Crippen LogP contribution in [0, 0.1) is 5.41 Å². The smallest absolute Gasteiger partial charge is 0.315 e. The lowest BCUT2D eigenvalue weighted by Gasteiger charge is -2.37. The summed E-state index contributed by atoms with van der Waals surface area (Å²) < 4.78 is 0. The van der Waals surface area contributed by atoms with Crippen molar-refractivity contribution < 1.29 is 24.3 Å². The van der Waals surface area contributed by atoms with Crippen LogP contribution in [0.15, 0.2) is 0 Å². The van der Waals surface area contributed by atoms with Gasteiger partial charge in [0, 0.05) is 13.6 Å². The largest absolute Gasteiger partial charge is 0.481 e. The zero-order chi connectivity index (χ0) is 14.9. The molecular formula is C12H17N3O5. The van der Waals surface area contributed by atoms with Gasteiger partial charge in [-0.25, -0.2) is 4.79 Å². The minimum atomic E-state index is -0.920. The van der Waals surface area contributed by atoms with Gasteiger partial charge in [-0.2, -0.15) is 0 Å². The third-order valence-electron chi connectivity index (χ3n) is 4.04. The van der Waals surface area contributed by atoms with Gasteiger partial charge in [-0.1, -0.05) is 6.42 Å². The van der Waals surface area contributed by atoms with Gasteiger partial charge in [0.25, 0.3) is 5.91 Å². The molecule has 0 aromatic heterocycles. The van der Waals surface area contributed by atoms with Crippen LogP contribution in [-0.2, 0) is 14.4 Å². The van der Waals surface area contributed by atoms with E-state index in [0.29, 0.717) is 12.8 Å². The van der Waals surface area contributed by atoms with Gasteiger partial charge in [-0.15, -0.1) is 0 Å². The molecule has 1 saturated heterocycles. The van der Waals surface area contributed by atoms with Gasteiger partial charge < -0.3 is 15.7 Å². The quantitative estimate of drug-likeness (QED) is 0.590. The summed E-state index contributed by atoms with van der Waals surface area (Å²) >= 11 is 0. The van der Waals surface area contributed by atoms with Crippen molar-refractivity contribution >= 4 is 23.8 Å². The molecule has 1 unspecified atom stereocenters. The summed E-state index contributed by atoms with van der Waals surface area (Å²) in [5, 5.41) is 14.0. The lowest BCUT2D eigenvalue weighted by molar-refractivity contribution is -0.153. The number of carboxylic acid groups (broad SMARTS) is 1. The van der Waals surface area contributed by atoms with E-state index in [4.69, 9.17) is 5.11 Å². The lowest BCUT2D eigenvalue weighted by Crippen LogP contribution is -2.52. The van der Waals surface area contributed by atoms with E-state index in [9.17, 15) is 19.2 Å². The standard InChI is InChI=1S/C12H17N3O5/c1-15-8(16)5-7(9(15)17)14-11(20)13-6-12(10(18)19)3-2-4-12/h7H,2-6H2,1H3,(H,18,19)(H2,13,14,20). The Morgan fingerprint density at radius 3 is 2.45 bits per heavy atom. The number of amides is 4. The average molecular weight is 283 g/mol. The summed E-state index contributed by atoms with van der Waals surface area (Å²) in [4.78, 5) is 46.6. The Kier molecular flexibility index (Phi) is 3.65. The third kappa shape index (κ3) is 2.45. The molecule has 3 N–H and O–H groups in total. The number of carbonyl (C=O) groups excluding carboxylic acids is 3. The van der Waals surface area contributed by atoms with Crippen LogP contribution in [0.5, 0.6) is 0 Å². The predicted octanol–water partition coefficient (Wildman–Crippen LogP) is -0.702. The predicted molar refractivity (Wildman–Crippen MR) is 66.6 cm³/mol. The van der Waals surface area contributed by atoms with Crippen molar-refractivity contribution in [3.8, 4) is 0 Å². The first-order chi connectivity index (χ1) is 9.35. The van der Waals surface area contributed by atoms with E-state index >= 15 is 0 Å². The summed E-state index contributed by atoms with van der Waals surface area (Å²) in [5.74, 6) is -1.72. The highest BCUT2D eigenvalue weighted by molar-refractivity contribution is 6.06. The molecule has 2 rings (SSSR count).